The fraction of sp³-hybridized carbons (Fsp3) is 0.640. The highest BCUT2D eigenvalue weighted by Gasteiger charge is 2.35. The number of ether oxygens (including phenoxy) is 1. The van der Waals surface area contributed by atoms with Gasteiger partial charge in [0.05, 0.1) is 0 Å². The van der Waals surface area contributed by atoms with E-state index in [9.17, 15) is 14.4 Å². The maximum absolute atomic E-state index is 13.5. The summed E-state index contributed by atoms with van der Waals surface area (Å²) >= 11 is 0. The number of rotatable bonds is 7. The van der Waals surface area contributed by atoms with Crippen molar-refractivity contribution in [3.63, 3.8) is 0 Å². The van der Waals surface area contributed by atoms with E-state index in [0.717, 1.165) is 36.8 Å². The van der Waals surface area contributed by atoms with Crippen molar-refractivity contribution in [2.45, 2.75) is 97.4 Å². The van der Waals surface area contributed by atoms with Crippen LogP contribution in [-0.4, -0.2) is 47.0 Å². The topological polar surface area (TPSA) is 87.7 Å². The van der Waals surface area contributed by atoms with Crippen molar-refractivity contribution < 1.29 is 19.1 Å². The number of hydrogen-bond acceptors (Lipinski definition) is 4. The Hall–Kier alpha value is -2.57. The number of carbonyl (C=O) groups excluding carboxylic acids is 3. The molecule has 0 radical (unpaired) electrons. The number of benzene rings is 1. The van der Waals surface area contributed by atoms with Gasteiger partial charge in [0.15, 0.2) is 0 Å². The number of nitrogens with one attached hydrogen (secondary N) is 2. The third kappa shape index (κ3) is 7.53. The lowest BCUT2D eigenvalue weighted by molar-refractivity contribution is -0.142. The van der Waals surface area contributed by atoms with E-state index in [1.54, 1.807) is 25.7 Å². The van der Waals surface area contributed by atoms with Crippen molar-refractivity contribution in [1.82, 2.24) is 15.5 Å². The molecule has 1 atom stereocenters. The Balaban J connectivity index is 2.26. The molecule has 0 bridgehead atoms. The zero-order chi connectivity index (χ0) is 23.9. The molecule has 32 heavy (non-hydrogen) atoms. The average molecular weight is 446 g/mol. The van der Waals surface area contributed by atoms with Gasteiger partial charge in [0, 0.05) is 12.1 Å². The van der Waals surface area contributed by atoms with Gasteiger partial charge in [-0.2, -0.15) is 0 Å². The lowest BCUT2D eigenvalue weighted by Gasteiger charge is -2.36. The van der Waals surface area contributed by atoms with Crippen LogP contribution in [0.4, 0.5) is 4.79 Å². The van der Waals surface area contributed by atoms with Gasteiger partial charge in [-0.05, 0) is 65.5 Å². The predicted molar refractivity (Wildman–Crippen MR) is 125 cm³/mol. The molecule has 0 spiro atoms. The Morgan fingerprint density at radius 3 is 2.28 bits per heavy atom. The van der Waals surface area contributed by atoms with Gasteiger partial charge in [-0.1, -0.05) is 43.5 Å². The van der Waals surface area contributed by atoms with Crippen LogP contribution < -0.4 is 10.6 Å². The Kier molecular flexibility index (Phi) is 9.10. The summed E-state index contributed by atoms with van der Waals surface area (Å²) < 4.78 is 5.24. The second kappa shape index (κ2) is 11.3. The van der Waals surface area contributed by atoms with Crippen molar-refractivity contribution in [2.24, 2.45) is 0 Å². The van der Waals surface area contributed by atoms with Gasteiger partial charge in [-0.25, -0.2) is 4.79 Å². The molecule has 2 N–H and O–H groups in total. The van der Waals surface area contributed by atoms with Gasteiger partial charge in [0.2, 0.25) is 11.8 Å². The zero-order valence-corrected chi connectivity index (χ0v) is 20.4. The molecule has 7 nitrogen and oxygen atoms in total. The second-order valence-electron chi connectivity index (χ2n) is 9.85. The molecule has 1 aromatic rings. The molecular weight excluding hydrogens is 406 g/mol. The van der Waals surface area contributed by atoms with Crippen LogP contribution in [0, 0.1) is 6.92 Å². The number of nitrogens with zero attached hydrogens (tertiary/aromatic N) is 1. The van der Waals surface area contributed by atoms with E-state index >= 15 is 0 Å². The van der Waals surface area contributed by atoms with E-state index < -0.39 is 17.7 Å². The molecule has 1 saturated carbocycles. The van der Waals surface area contributed by atoms with Crippen LogP contribution in [0.25, 0.3) is 0 Å². The molecule has 178 valence electrons. The lowest BCUT2D eigenvalue weighted by Crippen LogP contribution is -2.52. The van der Waals surface area contributed by atoms with E-state index in [1.165, 1.54) is 6.42 Å². The molecule has 0 heterocycles. The van der Waals surface area contributed by atoms with Crippen LogP contribution in [0.5, 0.6) is 0 Å². The number of carbonyl (C=O) groups is 3. The monoisotopic (exact) mass is 445 g/mol. The van der Waals surface area contributed by atoms with Gasteiger partial charge in [0.25, 0.3) is 0 Å². The van der Waals surface area contributed by atoms with Crippen LogP contribution in [0.1, 0.15) is 83.9 Å². The zero-order valence-electron chi connectivity index (χ0n) is 20.4. The molecule has 0 aromatic heterocycles. The van der Waals surface area contributed by atoms with Crippen molar-refractivity contribution >= 4 is 17.9 Å². The minimum Gasteiger partial charge on any atom is -0.444 e. The first kappa shape index (κ1) is 25.7. The summed E-state index contributed by atoms with van der Waals surface area (Å²) in [5, 5.41) is 5.72. The van der Waals surface area contributed by atoms with Gasteiger partial charge in [-0.3, -0.25) is 9.59 Å². The van der Waals surface area contributed by atoms with Gasteiger partial charge in [-0.15, -0.1) is 0 Å². The summed E-state index contributed by atoms with van der Waals surface area (Å²) in [6.45, 7) is 10.7. The number of hydrogen-bond donors (Lipinski definition) is 2. The first-order valence-electron chi connectivity index (χ1n) is 11.6. The molecule has 2 rings (SSSR count). The summed E-state index contributed by atoms with van der Waals surface area (Å²) in [4.78, 5) is 40.4. The second-order valence-corrected chi connectivity index (χ2v) is 9.85. The van der Waals surface area contributed by atoms with Crippen LogP contribution in [0.3, 0.4) is 0 Å². The SMILES string of the molecule is Cc1ccccc1C(C(=O)NC1CCCCC1)N(C(=O)CNC(=O)OC(C)(C)C)C(C)C. The van der Waals surface area contributed by atoms with E-state index in [1.807, 2.05) is 45.0 Å². The van der Waals surface area contributed by atoms with Crippen molar-refractivity contribution in [3.8, 4) is 0 Å². The Bertz CT molecular complexity index is 795. The van der Waals surface area contributed by atoms with E-state index in [0.29, 0.717) is 0 Å². The van der Waals surface area contributed by atoms with Gasteiger partial charge in [0.1, 0.15) is 18.2 Å². The average Bonchev–Trinajstić information content (AvgIpc) is 2.70. The fourth-order valence-corrected chi connectivity index (χ4v) is 4.12. The molecule has 1 aromatic carbocycles. The first-order chi connectivity index (χ1) is 15.0. The molecular formula is C25H39N3O4. The highest BCUT2D eigenvalue weighted by Crippen LogP contribution is 2.28. The highest BCUT2D eigenvalue weighted by molar-refractivity contribution is 5.91. The lowest BCUT2D eigenvalue weighted by atomic mass is 9.93. The molecule has 7 heteroatoms. The minimum absolute atomic E-state index is 0.131. The summed E-state index contributed by atoms with van der Waals surface area (Å²) in [7, 11) is 0. The van der Waals surface area contributed by atoms with Crippen LogP contribution in [-0.2, 0) is 14.3 Å². The number of alkyl carbamates (subject to hydrolysis) is 1. The fourth-order valence-electron chi connectivity index (χ4n) is 4.12. The summed E-state index contributed by atoms with van der Waals surface area (Å²) in [6, 6.07) is 6.75. The molecule has 1 unspecified atom stereocenters. The summed E-state index contributed by atoms with van der Waals surface area (Å²) in [5.41, 5.74) is 1.07. The first-order valence-corrected chi connectivity index (χ1v) is 11.6. The summed E-state index contributed by atoms with van der Waals surface area (Å²) in [5.74, 6) is -0.511. The van der Waals surface area contributed by atoms with Gasteiger partial charge >= 0.3 is 6.09 Å². The van der Waals surface area contributed by atoms with E-state index in [4.69, 9.17) is 4.74 Å². The third-order valence-electron chi connectivity index (χ3n) is 5.59. The summed E-state index contributed by atoms with van der Waals surface area (Å²) in [6.07, 6.45) is 4.66. The third-order valence-corrected chi connectivity index (χ3v) is 5.59. The molecule has 1 aliphatic carbocycles. The van der Waals surface area contributed by atoms with Crippen LogP contribution in [0.15, 0.2) is 24.3 Å². The molecule has 1 aliphatic rings. The van der Waals surface area contributed by atoms with Crippen molar-refractivity contribution in [2.75, 3.05) is 6.54 Å². The standard InChI is InChI=1S/C25H39N3O4/c1-17(2)28(21(29)16-26-24(31)32-25(4,5)6)22(20-15-11-10-12-18(20)3)23(30)27-19-13-8-7-9-14-19/h10-12,15,17,19,22H,7-9,13-14,16H2,1-6H3,(H,26,31)(H,27,30). The molecule has 1 fully saturated rings. The van der Waals surface area contributed by atoms with E-state index in [2.05, 4.69) is 10.6 Å². The maximum atomic E-state index is 13.5. The predicted octanol–water partition coefficient (Wildman–Crippen LogP) is 4.25. The maximum Gasteiger partial charge on any atom is 0.408 e. The number of aryl methyl sites for hydroxylation is 1. The van der Waals surface area contributed by atoms with E-state index in [-0.39, 0.29) is 30.4 Å². The van der Waals surface area contributed by atoms with Gasteiger partial charge < -0.3 is 20.3 Å². The van der Waals surface area contributed by atoms with Crippen molar-refractivity contribution in [3.05, 3.63) is 35.4 Å². The molecule has 0 aliphatic heterocycles. The normalized spacial score (nSPS) is 15.7. The largest absolute Gasteiger partial charge is 0.444 e. The Labute approximate surface area is 192 Å². The minimum atomic E-state index is -0.772. The molecule has 0 saturated heterocycles. The van der Waals surface area contributed by atoms with Crippen LogP contribution in [0.2, 0.25) is 0 Å². The van der Waals surface area contributed by atoms with Crippen LogP contribution >= 0.6 is 0 Å². The Morgan fingerprint density at radius 1 is 1.09 bits per heavy atom. The highest BCUT2D eigenvalue weighted by atomic mass is 16.6. The smallest absolute Gasteiger partial charge is 0.408 e. The quantitative estimate of drug-likeness (QED) is 0.657. The number of amides is 3. The molecule has 3 amide bonds. The Morgan fingerprint density at radius 2 is 1.72 bits per heavy atom. The van der Waals surface area contributed by atoms with Crippen molar-refractivity contribution in [1.29, 1.82) is 0 Å².